The zero-order chi connectivity index (χ0) is 20.7. The van der Waals surface area contributed by atoms with Crippen LogP contribution in [0.4, 0.5) is 4.39 Å². The van der Waals surface area contributed by atoms with E-state index in [2.05, 4.69) is 5.32 Å². The van der Waals surface area contributed by atoms with Gasteiger partial charge in [0.1, 0.15) is 11.9 Å². The summed E-state index contributed by atoms with van der Waals surface area (Å²) in [6, 6.07) is 13.2. The number of hydrogen-bond donors (Lipinski definition) is 1. The van der Waals surface area contributed by atoms with Crippen molar-refractivity contribution in [1.82, 2.24) is 10.2 Å². The van der Waals surface area contributed by atoms with Crippen LogP contribution >= 0.6 is 0 Å². The van der Waals surface area contributed by atoms with Crippen LogP contribution in [-0.4, -0.2) is 28.8 Å². The van der Waals surface area contributed by atoms with Crippen LogP contribution in [-0.2, 0) is 22.6 Å². The highest BCUT2D eigenvalue weighted by molar-refractivity contribution is 5.88. The predicted molar refractivity (Wildman–Crippen MR) is 109 cm³/mol. The van der Waals surface area contributed by atoms with E-state index in [1.165, 1.54) is 12.1 Å². The Balaban J connectivity index is 2.22. The highest BCUT2D eigenvalue weighted by atomic mass is 19.1. The Labute approximate surface area is 166 Å². The molecule has 28 heavy (non-hydrogen) atoms. The zero-order valence-electron chi connectivity index (χ0n) is 17.0. The molecule has 0 heterocycles. The Bertz CT molecular complexity index is 805. The molecule has 0 aliphatic rings. The van der Waals surface area contributed by atoms with Gasteiger partial charge in [-0.15, -0.1) is 0 Å². The molecule has 1 N–H and O–H groups in total. The molecule has 2 amide bonds. The lowest BCUT2D eigenvalue weighted by molar-refractivity contribution is -0.140. The van der Waals surface area contributed by atoms with E-state index < -0.39 is 6.04 Å². The number of benzene rings is 2. The van der Waals surface area contributed by atoms with E-state index in [4.69, 9.17) is 0 Å². The molecule has 0 saturated heterocycles. The first-order chi connectivity index (χ1) is 13.3. The number of amides is 2. The minimum atomic E-state index is -0.609. The number of carbonyl (C=O) groups excluding carboxylic acids is 2. The molecule has 2 aromatic rings. The van der Waals surface area contributed by atoms with E-state index >= 15 is 0 Å². The van der Waals surface area contributed by atoms with Crippen molar-refractivity contribution < 1.29 is 14.0 Å². The van der Waals surface area contributed by atoms with Crippen molar-refractivity contribution in [2.24, 2.45) is 0 Å². The largest absolute Gasteiger partial charge is 0.352 e. The molecular weight excluding hydrogens is 355 g/mol. The summed E-state index contributed by atoms with van der Waals surface area (Å²) in [5, 5.41) is 2.95. The lowest BCUT2D eigenvalue weighted by Crippen LogP contribution is -2.49. The van der Waals surface area contributed by atoms with Gasteiger partial charge in [0, 0.05) is 12.6 Å². The fourth-order valence-electron chi connectivity index (χ4n) is 2.93. The van der Waals surface area contributed by atoms with Gasteiger partial charge in [0.05, 0.1) is 6.42 Å². The van der Waals surface area contributed by atoms with E-state index in [1.54, 1.807) is 24.0 Å². The SMILES string of the molecule is CC[C@H](C)NC(=O)[C@@H](C)N(Cc1cccc(C)c1)C(=O)Cc1ccc(F)cc1. The molecule has 0 radical (unpaired) electrons. The first kappa shape index (κ1) is 21.6. The van der Waals surface area contributed by atoms with Gasteiger partial charge in [-0.25, -0.2) is 4.39 Å². The van der Waals surface area contributed by atoms with Crippen molar-refractivity contribution in [3.8, 4) is 0 Å². The number of rotatable bonds is 8. The Kier molecular flexibility index (Phi) is 7.73. The topological polar surface area (TPSA) is 49.4 Å². The fraction of sp³-hybridized carbons (Fsp3) is 0.391. The van der Waals surface area contributed by atoms with E-state index in [0.29, 0.717) is 6.54 Å². The second-order valence-corrected chi connectivity index (χ2v) is 7.31. The van der Waals surface area contributed by atoms with Crippen molar-refractivity contribution >= 4 is 11.8 Å². The van der Waals surface area contributed by atoms with Gasteiger partial charge >= 0.3 is 0 Å². The Hall–Kier alpha value is -2.69. The number of nitrogens with zero attached hydrogens (tertiary/aromatic N) is 1. The third-order valence-electron chi connectivity index (χ3n) is 4.87. The van der Waals surface area contributed by atoms with Crippen LogP contribution in [0, 0.1) is 12.7 Å². The van der Waals surface area contributed by atoms with Crippen LogP contribution in [0.1, 0.15) is 43.9 Å². The molecule has 2 rings (SSSR count). The van der Waals surface area contributed by atoms with Crippen molar-refractivity contribution in [2.75, 3.05) is 0 Å². The zero-order valence-corrected chi connectivity index (χ0v) is 17.0. The van der Waals surface area contributed by atoms with Gasteiger partial charge in [-0.05, 0) is 50.5 Å². The number of nitrogens with one attached hydrogen (secondary N) is 1. The van der Waals surface area contributed by atoms with Gasteiger partial charge in [0.25, 0.3) is 0 Å². The quantitative estimate of drug-likeness (QED) is 0.748. The minimum Gasteiger partial charge on any atom is -0.352 e. The highest BCUT2D eigenvalue weighted by Crippen LogP contribution is 2.14. The molecule has 0 aromatic heterocycles. The standard InChI is InChI=1S/C23H29FN2O2/c1-5-17(3)25-23(28)18(4)26(15-20-8-6-7-16(2)13-20)22(27)14-19-9-11-21(24)12-10-19/h6-13,17-18H,5,14-15H2,1-4H3,(H,25,28)/t17-,18+/m0/s1. The lowest BCUT2D eigenvalue weighted by Gasteiger charge is -2.30. The van der Waals surface area contributed by atoms with Gasteiger partial charge < -0.3 is 10.2 Å². The Morgan fingerprint density at radius 1 is 1.07 bits per heavy atom. The molecule has 0 unspecified atom stereocenters. The summed E-state index contributed by atoms with van der Waals surface area (Å²) < 4.78 is 13.1. The van der Waals surface area contributed by atoms with Crippen LogP contribution in [0.25, 0.3) is 0 Å². The molecule has 150 valence electrons. The van der Waals surface area contributed by atoms with Crippen LogP contribution < -0.4 is 5.32 Å². The molecule has 0 bridgehead atoms. The molecule has 0 aliphatic carbocycles. The van der Waals surface area contributed by atoms with Crippen LogP contribution in [0.3, 0.4) is 0 Å². The number of aryl methyl sites for hydroxylation is 1. The molecule has 0 saturated carbocycles. The lowest BCUT2D eigenvalue weighted by atomic mass is 10.1. The monoisotopic (exact) mass is 384 g/mol. The minimum absolute atomic E-state index is 0.0444. The molecule has 4 nitrogen and oxygen atoms in total. The van der Waals surface area contributed by atoms with Gasteiger partial charge in [-0.1, -0.05) is 48.9 Å². The molecule has 2 atom stereocenters. The van der Waals surface area contributed by atoms with Crippen LogP contribution in [0.5, 0.6) is 0 Å². The van der Waals surface area contributed by atoms with Gasteiger partial charge in [0.2, 0.25) is 11.8 Å². The maximum absolute atomic E-state index is 13.1. The normalized spacial score (nSPS) is 12.9. The highest BCUT2D eigenvalue weighted by Gasteiger charge is 2.26. The molecule has 5 heteroatoms. The van der Waals surface area contributed by atoms with Crippen molar-refractivity contribution in [3.63, 3.8) is 0 Å². The first-order valence-corrected chi connectivity index (χ1v) is 9.70. The maximum Gasteiger partial charge on any atom is 0.242 e. The molecule has 0 spiro atoms. The molecule has 0 aliphatic heterocycles. The fourth-order valence-corrected chi connectivity index (χ4v) is 2.93. The van der Waals surface area contributed by atoms with E-state index in [0.717, 1.165) is 23.1 Å². The van der Waals surface area contributed by atoms with Crippen molar-refractivity contribution in [3.05, 3.63) is 71.0 Å². The molecule has 0 fully saturated rings. The molecule has 2 aromatic carbocycles. The number of hydrogen-bond acceptors (Lipinski definition) is 2. The van der Waals surface area contributed by atoms with Gasteiger partial charge in [0.15, 0.2) is 0 Å². The summed E-state index contributed by atoms with van der Waals surface area (Å²) in [5.41, 5.74) is 2.78. The molecular formula is C23H29FN2O2. The first-order valence-electron chi connectivity index (χ1n) is 9.70. The average Bonchev–Trinajstić information content (AvgIpc) is 2.67. The predicted octanol–water partition coefficient (Wildman–Crippen LogP) is 4.01. The third kappa shape index (κ3) is 6.19. The second kappa shape index (κ2) is 10.0. The maximum atomic E-state index is 13.1. The third-order valence-corrected chi connectivity index (χ3v) is 4.87. The van der Waals surface area contributed by atoms with E-state index in [9.17, 15) is 14.0 Å². The van der Waals surface area contributed by atoms with Gasteiger partial charge in [-0.3, -0.25) is 9.59 Å². The number of halogens is 1. The summed E-state index contributed by atoms with van der Waals surface area (Å²) in [4.78, 5) is 27.3. The smallest absolute Gasteiger partial charge is 0.242 e. The van der Waals surface area contributed by atoms with Crippen LogP contribution in [0.15, 0.2) is 48.5 Å². The summed E-state index contributed by atoms with van der Waals surface area (Å²) in [6.45, 7) is 8.02. The second-order valence-electron chi connectivity index (χ2n) is 7.31. The Morgan fingerprint density at radius 3 is 2.36 bits per heavy atom. The average molecular weight is 384 g/mol. The number of carbonyl (C=O) groups is 2. The summed E-state index contributed by atoms with van der Waals surface area (Å²) in [6.07, 6.45) is 0.937. The van der Waals surface area contributed by atoms with Crippen LogP contribution in [0.2, 0.25) is 0 Å². The summed E-state index contributed by atoms with van der Waals surface area (Å²) in [7, 11) is 0. The van der Waals surface area contributed by atoms with Crippen molar-refractivity contribution in [2.45, 2.75) is 59.2 Å². The Morgan fingerprint density at radius 2 is 1.75 bits per heavy atom. The van der Waals surface area contributed by atoms with E-state index in [1.807, 2.05) is 45.0 Å². The summed E-state index contributed by atoms with van der Waals surface area (Å²) in [5.74, 6) is -0.677. The van der Waals surface area contributed by atoms with Gasteiger partial charge in [-0.2, -0.15) is 0 Å². The summed E-state index contributed by atoms with van der Waals surface area (Å²) >= 11 is 0. The van der Waals surface area contributed by atoms with E-state index in [-0.39, 0.29) is 30.1 Å². The van der Waals surface area contributed by atoms with Crippen molar-refractivity contribution in [1.29, 1.82) is 0 Å².